The van der Waals surface area contributed by atoms with Crippen molar-refractivity contribution in [2.75, 3.05) is 0 Å². The van der Waals surface area contributed by atoms with Crippen molar-refractivity contribution >= 4 is 11.8 Å². The number of nitrogens with zero attached hydrogens (tertiary/aromatic N) is 2. The Balaban J connectivity index is 4.14. The third kappa shape index (κ3) is 3.23. The number of ether oxygens (including phenoxy) is 1. The smallest absolute Gasteiger partial charge is 0.428 e. The molecule has 0 spiro atoms. The SMILES string of the molecule is CC1=NC(C(F)(F)F)(C(F)(F)F)N=C(C(C(F)(F)F)(C(F)(F)F)C(F)(F)F)O1. The lowest BCUT2D eigenvalue weighted by Crippen LogP contribution is -2.67. The first-order valence-electron chi connectivity index (χ1n) is 6.14. The Labute approximate surface area is 142 Å². The van der Waals surface area contributed by atoms with Gasteiger partial charge in [0.1, 0.15) is 0 Å². The van der Waals surface area contributed by atoms with E-state index in [1.165, 1.54) is 0 Å². The Morgan fingerprint density at radius 2 is 0.929 bits per heavy atom. The van der Waals surface area contributed by atoms with Gasteiger partial charge in [-0.15, -0.1) is 0 Å². The van der Waals surface area contributed by atoms with Crippen molar-refractivity contribution in [1.29, 1.82) is 0 Å². The molecule has 0 radical (unpaired) electrons. The molecule has 0 aromatic heterocycles. The molecular formula is C10H3F15N2O. The molecule has 0 atom stereocenters. The van der Waals surface area contributed by atoms with E-state index in [0.29, 0.717) is 0 Å². The fourth-order valence-electron chi connectivity index (χ4n) is 2.01. The number of aliphatic imine (C=N–C) groups is 2. The van der Waals surface area contributed by atoms with Gasteiger partial charge < -0.3 is 4.74 Å². The second kappa shape index (κ2) is 6.04. The van der Waals surface area contributed by atoms with Crippen LogP contribution in [0.2, 0.25) is 0 Å². The summed E-state index contributed by atoms with van der Waals surface area (Å²) < 4.78 is 197. The Morgan fingerprint density at radius 3 is 1.18 bits per heavy atom. The van der Waals surface area contributed by atoms with E-state index in [2.05, 4.69) is 4.74 Å². The zero-order valence-corrected chi connectivity index (χ0v) is 12.5. The molecule has 1 aliphatic heterocycles. The van der Waals surface area contributed by atoms with Crippen molar-refractivity contribution in [2.45, 2.75) is 43.5 Å². The number of halogens is 15. The summed E-state index contributed by atoms with van der Waals surface area (Å²) in [6, 6.07) is 0. The fraction of sp³-hybridized carbons (Fsp3) is 0.800. The van der Waals surface area contributed by atoms with Crippen molar-refractivity contribution < 1.29 is 70.6 Å². The molecule has 1 heterocycles. The van der Waals surface area contributed by atoms with Gasteiger partial charge in [0.25, 0.3) is 0 Å². The highest BCUT2D eigenvalue weighted by Crippen LogP contribution is 2.62. The van der Waals surface area contributed by atoms with E-state index < -0.39 is 53.8 Å². The molecule has 0 aromatic rings. The maximum atomic E-state index is 12.9. The molecule has 0 bridgehead atoms. The van der Waals surface area contributed by atoms with Crippen LogP contribution in [0.15, 0.2) is 9.98 Å². The van der Waals surface area contributed by atoms with Crippen molar-refractivity contribution in [3.8, 4) is 0 Å². The van der Waals surface area contributed by atoms with Gasteiger partial charge in [0, 0.05) is 6.92 Å². The lowest BCUT2D eigenvalue weighted by Gasteiger charge is -2.41. The van der Waals surface area contributed by atoms with Crippen LogP contribution < -0.4 is 0 Å². The Bertz CT molecular complexity index is 621. The van der Waals surface area contributed by atoms with Crippen LogP contribution in [0.25, 0.3) is 0 Å². The molecule has 0 saturated heterocycles. The topological polar surface area (TPSA) is 34.0 Å². The molecule has 0 saturated carbocycles. The molecule has 0 aromatic carbocycles. The molecule has 164 valence electrons. The second-order valence-corrected chi connectivity index (χ2v) is 5.06. The van der Waals surface area contributed by atoms with Crippen molar-refractivity contribution in [3.05, 3.63) is 0 Å². The highest BCUT2D eigenvalue weighted by molar-refractivity contribution is 5.97. The van der Waals surface area contributed by atoms with Gasteiger partial charge in [-0.1, -0.05) is 0 Å². The molecule has 0 amide bonds. The van der Waals surface area contributed by atoms with E-state index in [-0.39, 0.29) is 6.92 Å². The van der Waals surface area contributed by atoms with Gasteiger partial charge in [0.05, 0.1) is 0 Å². The normalized spacial score (nSPS) is 19.7. The average Bonchev–Trinajstić information content (AvgIpc) is 2.29. The molecule has 3 nitrogen and oxygen atoms in total. The van der Waals surface area contributed by atoms with Gasteiger partial charge in [-0.2, -0.15) is 65.9 Å². The summed E-state index contributed by atoms with van der Waals surface area (Å²) in [6.45, 7) is -0.116. The summed E-state index contributed by atoms with van der Waals surface area (Å²) in [7, 11) is 0. The minimum absolute atomic E-state index is 0.116. The van der Waals surface area contributed by atoms with E-state index in [0.717, 1.165) is 4.99 Å². The Hall–Kier alpha value is -1.91. The first-order chi connectivity index (χ1) is 12.0. The number of hydrogen-bond acceptors (Lipinski definition) is 3. The van der Waals surface area contributed by atoms with Crippen molar-refractivity contribution in [3.63, 3.8) is 0 Å². The predicted octanol–water partition coefficient (Wildman–Crippen LogP) is 5.33. The van der Waals surface area contributed by atoms with Gasteiger partial charge in [-0.3, -0.25) is 0 Å². The minimum Gasteiger partial charge on any atom is -0.428 e. The van der Waals surface area contributed by atoms with E-state index >= 15 is 0 Å². The van der Waals surface area contributed by atoms with Gasteiger partial charge in [0.15, 0.2) is 5.90 Å². The Morgan fingerprint density at radius 1 is 0.607 bits per heavy atom. The lowest BCUT2D eigenvalue weighted by molar-refractivity contribution is -0.401. The van der Waals surface area contributed by atoms with Gasteiger partial charge in [0.2, 0.25) is 5.90 Å². The van der Waals surface area contributed by atoms with Crippen LogP contribution in [0, 0.1) is 5.41 Å². The van der Waals surface area contributed by atoms with Crippen LogP contribution in [-0.2, 0) is 4.74 Å². The fourth-order valence-corrected chi connectivity index (χ4v) is 2.01. The number of hydrogen-bond donors (Lipinski definition) is 0. The van der Waals surface area contributed by atoms with Crippen molar-refractivity contribution in [1.82, 2.24) is 0 Å². The first kappa shape index (κ1) is 24.1. The summed E-state index contributed by atoms with van der Waals surface area (Å²) in [5, 5.41) is 0. The molecule has 0 unspecified atom stereocenters. The molecule has 1 rings (SSSR count). The molecule has 28 heavy (non-hydrogen) atoms. The highest BCUT2D eigenvalue weighted by atomic mass is 19.4. The first-order valence-corrected chi connectivity index (χ1v) is 6.14. The average molecular weight is 452 g/mol. The molecule has 0 aliphatic carbocycles. The number of alkyl halides is 15. The molecule has 0 fully saturated rings. The summed E-state index contributed by atoms with van der Waals surface area (Å²) in [5.41, 5.74) is -13.4. The van der Waals surface area contributed by atoms with Gasteiger partial charge in [-0.25, -0.2) is 9.98 Å². The summed E-state index contributed by atoms with van der Waals surface area (Å²) in [4.78, 5) is 2.80. The lowest BCUT2D eigenvalue weighted by atomic mass is 9.84. The Kier molecular flexibility index (Phi) is 5.21. The van der Waals surface area contributed by atoms with Crippen LogP contribution in [-0.4, -0.2) is 48.3 Å². The zero-order valence-electron chi connectivity index (χ0n) is 12.5. The quantitative estimate of drug-likeness (QED) is 0.496. The monoisotopic (exact) mass is 452 g/mol. The minimum atomic E-state index is -7.55. The third-order valence-corrected chi connectivity index (χ3v) is 3.21. The standard InChI is InChI=1S/C10H3F15N2O/c1-2-26-5(9(20,21)22,10(23,24)25)27-3(28-2)4(6(11,12)13,7(14,15)16)8(17,18)19/h1H3. The molecule has 18 heteroatoms. The maximum Gasteiger partial charge on any atom is 0.443 e. The van der Waals surface area contributed by atoms with E-state index in [9.17, 15) is 65.9 Å². The summed E-state index contributed by atoms with van der Waals surface area (Å²) in [5.74, 6) is -6.19. The van der Waals surface area contributed by atoms with Gasteiger partial charge in [-0.05, 0) is 0 Å². The maximum absolute atomic E-state index is 12.9. The third-order valence-electron chi connectivity index (χ3n) is 3.21. The van der Waals surface area contributed by atoms with E-state index in [1.807, 2.05) is 0 Å². The van der Waals surface area contributed by atoms with Crippen LogP contribution in [0.5, 0.6) is 0 Å². The highest BCUT2D eigenvalue weighted by Gasteiger charge is 2.89. The second-order valence-electron chi connectivity index (χ2n) is 5.06. The van der Waals surface area contributed by atoms with Crippen LogP contribution in [0.3, 0.4) is 0 Å². The largest absolute Gasteiger partial charge is 0.443 e. The zero-order chi connectivity index (χ0) is 22.8. The van der Waals surface area contributed by atoms with E-state index in [1.54, 1.807) is 4.99 Å². The molecule has 1 aliphatic rings. The predicted molar refractivity (Wildman–Crippen MR) is 57.1 cm³/mol. The summed E-state index contributed by atoms with van der Waals surface area (Å²) >= 11 is 0. The molecular weight excluding hydrogens is 449 g/mol. The van der Waals surface area contributed by atoms with Crippen LogP contribution >= 0.6 is 0 Å². The molecule has 0 N–H and O–H groups in total. The van der Waals surface area contributed by atoms with Crippen LogP contribution in [0.4, 0.5) is 65.9 Å². The van der Waals surface area contributed by atoms with Gasteiger partial charge >= 0.3 is 42.0 Å². The number of rotatable bonds is 1. The van der Waals surface area contributed by atoms with Crippen LogP contribution in [0.1, 0.15) is 6.92 Å². The van der Waals surface area contributed by atoms with E-state index in [4.69, 9.17) is 0 Å². The van der Waals surface area contributed by atoms with Crippen molar-refractivity contribution in [2.24, 2.45) is 15.4 Å². The summed E-state index contributed by atoms with van der Waals surface area (Å²) in [6.07, 6.45) is -36.4.